The monoisotopic (exact) mass is 319 g/mol. The third kappa shape index (κ3) is 4.63. The van der Waals surface area contributed by atoms with Gasteiger partial charge in [0.25, 0.3) is 0 Å². The van der Waals surface area contributed by atoms with Crippen LogP contribution < -0.4 is 14.8 Å². The van der Waals surface area contributed by atoms with E-state index in [0.29, 0.717) is 34.5 Å². The lowest BCUT2D eigenvalue weighted by atomic mass is 10.2. The Kier molecular flexibility index (Phi) is 6.02. The molecule has 0 unspecified atom stereocenters. The van der Waals surface area contributed by atoms with E-state index in [9.17, 15) is 4.79 Å². The van der Waals surface area contributed by atoms with Gasteiger partial charge in [0, 0.05) is 30.6 Å². The van der Waals surface area contributed by atoms with Crippen molar-refractivity contribution >= 4 is 23.4 Å². The molecule has 0 spiro atoms. The zero-order valence-corrected chi connectivity index (χ0v) is 13.2. The van der Waals surface area contributed by atoms with Crippen LogP contribution >= 0.6 is 11.8 Å². The number of benzene rings is 1. The predicted octanol–water partition coefficient (Wildman–Crippen LogP) is 2.61. The van der Waals surface area contributed by atoms with Crippen LogP contribution in [0.2, 0.25) is 0 Å². The average molecular weight is 319 g/mol. The van der Waals surface area contributed by atoms with Crippen LogP contribution in [-0.4, -0.2) is 35.8 Å². The van der Waals surface area contributed by atoms with E-state index >= 15 is 0 Å². The van der Waals surface area contributed by atoms with Gasteiger partial charge in [0.1, 0.15) is 11.5 Å². The highest BCUT2D eigenvalue weighted by Crippen LogP contribution is 2.29. The summed E-state index contributed by atoms with van der Waals surface area (Å²) in [5, 5.41) is 3.49. The molecule has 0 aliphatic carbocycles. The minimum atomic E-state index is -0.0908. The molecule has 0 fully saturated rings. The maximum atomic E-state index is 12.0. The van der Waals surface area contributed by atoms with Crippen molar-refractivity contribution in [2.75, 3.05) is 25.3 Å². The van der Waals surface area contributed by atoms with Crippen molar-refractivity contribution in [1.29, 1.82) is 0 Å². The SMILES string of the molecule is COc1ccc(NC(=O)CCSc2ncccn2)c(OC)c1. The Labute approximate surface area is 133 Å². The van der Waals surface area contributed by atoms with Gasteiger partial charge in [0.15, 0.2) is 5.16 Å². The quantitative estimate of drug-likeness (QED) is 0.625. The lowest BCUT2D eigenvalue weighted by molar-refractivity contribution is -0.115. The number of rotatable bonds is 7. The predicted molar refractivity (Wildman–Crippen MR) is 85.5 cm³/mol. The van der Waals surface area contributed by atoms with Crippen LogP contribution in [0.1, 0.15) is 6.42 Å². The normalized spacial score (nSPS) is 10.1. The largest absolute Gasteiger partial charge is 0.497 e. The van der Waals surface area contributed by atoms with Crippen LogP contribution in [0.15, 0.2) is 41.8 Å². The number of aromatic nitrogens is 2. The van der Waals surface area contributed by atoms with E-state index in [0.717, 1.165) is 0 Å². The van der Waals surface area contributed by atoms with Crippen molar-refractivity contribution in [2.24, 2.45) is 0 Å². The van der Waals surface area contributed by atoms with Crippen molar-refractivity contribution in [3.8, 4) is 11.5 Å². The van der Waals surface area contributed by atoms with E-state index in [1.165, 1.54) is 11.8 Å². The number of carbonyl (C=O) groups is 1. The van der Waals surface area contributed by atoms with E-state index in [1.807, 2.05) is 0 Å². The molecule has 7 heteroatoms. The smallest absolute Gasteiger partial charge is 0.225 e. The van der Waals surface area contributed by atoms with Gasteiger partial charge in [-0.3, -0.25) is 4.79 Å². The number of methoxy groups -OCH3 is 2. The molecule has 0 aliphatic rings. The number of thioether (sulfide) groups is 1. The third-order valence-electron chi connectivity index (χ3n) is 2.79. The summed E-state index contributed by atoms with van der Waals surface area (Å²) in [5.41, 5.74) is 0.620. The number of amides is 1. The van der Waals surface area contributed by atoms with Crippen LogP contribution in [0.25, 0.3) is 0 Å². The number of nitrogens with zero attached hydrogens (tertiary/aromatic N) is 2. The molecule has 1 N–H and O–H groups in total. The lowest BCUT2D eigenvalue weighted by Gasteiger charge is -2.11. The molecule has 0 atom stereocenters. The summed E-state index contributed by atoms with van der Waals surface area (Å²) < 4.78 is 10.4. The Morgan fingerprint density at radius 2 is 2.00 bits per heavy atom. The summed E-state index contributed by atoms with van der Waals surface area (Å²) in [7, 11) is 3.13. The molecule has 22 heavy (non-hydrogen) atoms. The second kappa shape index (κ2) is 8.23. The highest BCUT2D eigenvalue weighted by atomic mass is 32.2. The molecule has 0 aliphatic heterocycles. The molecule has 0 radical (unpaired) electrons. The van der Waals surface area contributed by atoms with Gasteiger partial charge in [-0.1, -0.05) is 11.8 Å². The summed E-state index contributed by atoms with van der Waals surface area (Å²) in [6.45, 7) is 0. The van der Waals surface area contributed by atoms with E-state index < -0.39 is 0 Å². The first kappa shape index (κ1) is 16.1. The van der Waals surface area contributed by atoms with Gasteiger partial charge >= 0.3 is 0 Å². The zero-order chi connectivity index (χ0) is 15.8. The van der Waals surface area contributed by atoms with Gasteiger partial charge < -0.3 is 14.8 Å². The van der Waals surface area contributed by atoms with Gasteiger partial charge in [0.05, 0.1) is 19.9 Å². The fourth-order valence-corrected chi connectivity index (χ4v) is 2.45. The van der Waals surface area contributed by atoms with Gasteiger partial charge in [-0.15, -0.1) is 0 Å². The van der Waals surface area contributed by atoms with Crippen molar-refractivity contribution in [1.82, 2.24) is 9.97 Å². The zero-order valence-electron chi connectivity index (χ0n) is 12.4. The Bertz CT molecular complexity index is 623. The van der Waals surface area contributed by atoms with Crippen molar-refractivity contribution in [3.05, 3.63) is 36.7 Å². The summed E-state index contributed by atoms with van der Waals surface area (Å²) in [6.07, 6.45) is 3.72. The topological polar surface area (TPSA) is 73.3 Å². The summed E-state index contributed by atoms with van der Waals surface area (Å²) >= 11 is 1.44. The molecule has 2 aromatic rings. The van der Waals surface area contributed by atoms with Crippen LogP contribution in [-0.2, 0) is 4.79 Å². The third-order valence-corrected chi connectivity index (χ3v) is 3.66. The van der Waals surface area contributed by atoms with Crippen LogP contribution in [0.4, 0.5) is 5.69 Å². The van der Waals surface area contributed by atoms with E-state index in [1.54, 1.807) is 50.9 Å². The van der Waals surface area contributed by atoms with Gasteiger partial charge in [-0.05, 0) is 18.2 Å². The number of anilines is 1. The summed E-state index contributed by atoms with van der Waals surface area (Å²) in [5.74, 6) is 1.75. The molecule has 1 aromatic carbocycles. The van der Waals surface area contributed by atoms with Crippen LogP contribution in [0.5, 0.6) is 11.5 Å². The molecule has 1 heterocycles. The maximum absolute atomic E-state index is 12.0. The van der Waals surface area contributed by atoms with Crippen molar-refractivity contribution < 1.29 is 14.3 Å². The molecule has 2 rings (SSSR count). The van der Waals surface area contributed by atoms with E-state index in [4.69, 9.17) is 9.47 Å². The fourth-order valence-electron chi connectivity index (χ4n) is 1.71. The van der Waals surface area contributed by atoms with Gasteiger partial charge in [-0.2, -0.15) is 0 Å². The first-order valence-corrected chi connectivity index (χ1v) is 7.63. The van der Waals surface area contributed by atoms with Crippen LogP contribution in [0, 0.1) is 0 Å². The van der Waals surface area contributed by atoms with Gasteiger partial charge in [-0.25, -0.2) is 9.97 Å². The molecule has 116 valence electrons. The molecule has 1 aromatic heterocycles. The molecule has 0 bridgehead atoms. The van der Waals surface area contributed by atoms with E-state index in [-0.39, 0.29) is 5.91 Å². The Balaban J connectivity index is 1.86. The van der Waals surface area contributed by atoms with Crippen LogP contribution in [0.3, 0.4) is 0 Å². The highest BCUT2D eigenvalue weighted by Gasteiger charge is 2.09. The number of hydrogen-bond acceptors (Lipinski definition) is 6. The Morgan fingerprint density at radius 3 is 2.68 bits per heavy atom. The first-order chi connectivity index (χ1) is 10.7. The highest BCUT2D eigenvalue weighted by molar-refractivity contribution is 7.99. The average Bonchev–Trinajstić information content (AvgIpc) is 2.56. The Morgan fingerprint density at radius 1 is 1.23 bits per heavy atom. The number of nitrogens with one attached hydrogen (secondary N) is 1. The standard InChI is InChI=1S/C15H17N3O3S/c1-20-11-4-5-12(13(10-11)21-2)18-14(19)6-9-22-15-16-7-3-8-17-15/h3-5,7-8,10H,6,9H2,1-2H3,(H,18,19). The molecular formula is C15H17N3O3S. The fraction of sp³-hybridized carbons (Fsp3) is 0.267. The molecule has 0 saturated heterocycles. The second-order valence-corrected chi connectivity index (χ2v) is 5.31. The first-order valence-electron chi connectivity index (χ1n) is 6.64. The minimum Gasteiger partial charge on any atom is -0.497 e. The molecule has 0 saturated carbocycles. The maximum Gasteiger partial charge on any atom is 0.225 e. The molecular weight excluding hydrogens is 302 g/mol. The van der Waals surface area contributed by atoms with Gasteiger partial charge in [0.2, 0.25) is 5.91 Å². The molecule has 1 amide bonds. The number of ether oxygens (including phenoxy) is 2. The number of hydrogen-bond donors (Lipinski definition) is 1. The molecule has 6 nitrogen and oxygen atoms in total. The number of carbonyl (C=O) groups excluding carboxylic acids is 1. The summed E-state index contributed by atoms with van der Waals surface area (Å²) in [4.78, 5) is 20.2. The Hall–Kier alpha value is -2.28. The second-order valence-electron chi connectivity index (χ2n) is 4.24. The summed E-state index contributed by atoms with van der Waals surface area (Å²) in [6, 6.07) is 7.00. The van der Waals surface area contributed by atoms with E-state index in [2.05, 4.69) is 15.3 Å². The minimum absolute atomic E-state index is 0.0908. The van der Waals surface area contributed by atoms with Crippen molar-refractivity contribution in [2.45, 2.75) is 11.6 Å². The lowest BCUT2D eigenvalue weighted by Crippen LogP contribution is -2.13. The van der Waals surface area contributed by atoms with Crippen molar-refractivity contribution in [3.63, 3.8) is 0 Å².